The van der Waals surface area contributed by atoms with Crippen molar-refractivity contribution in [2.45, 2.75) is 39.0 Å². The first-order chi connectivity index (χ1) is 12.8. The molecule has 3 heteroatoms. The molecule has 1 aliphatic rings. The number of likely N-dealkylation sites (tertiary alicyclic amines) is 1. The summed E-state index contributed by atoms with van der Waals surface area (Å²) < 4.78 is 5.67. The number of unbranched alkanes of at least 4 members (excludes halogenated alkanes) is 1. The smallest absolute Gasteiger partial charge is 0.253 e. The minimum Gasteiger partial charge on any atom is -0.494 e. The third kappa shape index (κ3) is 5.10. The lowest BCUT2D eigenvalue weighted by molar-refractivity contribution is 0.0690. The van der Waals surface area contributed by atoms with Crippen LogP contribution in [0.15, 0.2) is 54.6 Å². The first-order valence-electron chi connectivity index (χ1n) is 9.82. The van der Waals surface area contributed by atoms with E-state index in [-0.39, 0.29) is 5.91 Å². The highest BCUT2D eigenvalue weighted by molar-refractivity contribution is 5.94. The van der Waals surface area contributed by atoms with Gasteiger partial charge in [0.2, 0.25) is 0 Å². The molecule has 26 heavy (non-hydrogen) atoms. The predicted molar refractivity (Wildman–Crippen MR) is 106 cm³/mol. The Bertz CT molecular complexity index is 673. The van der Waals surface area contributed by atoms with Gasteiger partial charge in [-0.2, -0.15) is 0 Å². The summed E-state index contributed by atoms with van der Waals surface area (Å²) in [5, 5.41) is 0. The van der Waals surface area contributed by atoms with Crippen molar-refractivity contribution in [1.82, 2.24) is 4.90 Å². The van der Waals surface area contributed by atoms with Gasteiger partial charge in [-0.3, -0.25) is 4.79 Å². The Kier molecular flexibility index (Phi) is 6.70. The lowest BCUT2D eigenvalue weighted by Crippen LogP contribution is -2.38. The second kappa shape index (κ2) is 9.42. The molecule has 2 aromatic rings. The highest BCUT2D eigenvalue weighted by Crippen LogP contribution is 2.23. The molecule has 3 nitrogen and oxygen atoms in total. The topological polar surface area (TPSA) is 29.5 Å². The van der Waals surface area contributed by atoms with E-state index in [1.165, 1.54) is 5.56 Å². The van der Waals surface area contributed by atoms with Crippen LogP contribution in [0.2, 0.25) is 0 Å². The van der Waals surface area contributed by atoms with Gasteiger partial charge >= 0.3 is 0 Å². The van der Waals surface area contributed by atoms with Crippen LogP contribution in [0.25, 0.3) is 0 Å². The molecule has 0 radical (unpaired) electrons. The highest BCUT2D eigenvalue weighted by Gasteiger charge is 2.23. The number of amides is 1. The maximum Gasteiger partial charge on any atom is 0.253 e. The van der Waals surface area contributed by atoms with E-state index in [1.54, 1.807) is 0 Å². The monoisotopic (exact) mass is 351 g/mol. The Labute approximate surface area is 157 Å². The van der Waals surface area contributed by atoms with Gasteiger partial charge in [-0.25, -0.2) is 0 Å². The van der Waals surface area contributed by atoms with E-state index in [1.807, 2.05) is 29.2 Å². The number of carbonyl (C=O) groups excluding carboxylic acids is 1. The van der Waals surface area contributed by atoms with Crippen molar-refractivity contribution in [2.24, 2.45) is 5.92 Å². The Morgan fingerprint density at radius 2 is 1.73 bits per heavy atom. The molecule has 0 saturated carbocycles. The Morgan fingerprint density at radius 3 is 2.38 bits per heavy atom. The Balaban J connectivity index is 1.48. The maximum absolute atomic E-state index is 12.7. The number of hydrogen-bond donors (Lipinski definition) is 0. The van der Waals surface area contributed by atoms with E-state index in [2.05, 4.69) is 37.3 Å². The van der Waals surface area contributed by atoms with Crippen LogP contribution < -0.4 is 4.74 Å². The number of benzene rings is 2. The molecule has 0 N–H and O–H groups in total. The van der Waals surface area contributed by atoms with Crippen LogP contribution in [-0.2, 0) is 6.42 Å². The first-order valence-corrected chi connectivity index (χ1v) is 9.82. The Morgan fingerprint density at radius 1 is 1.04 bits per heavy atom. The molecule has 0 atom stereocenters. The van der Waals surface area contributed by atoms with Crippen LogP contribution in [0, 0.1) is 5.92 Å². The fraction of sp³-hybridized carbons (Fsp3) is 0.435. The van der Waals surface area contributed by atoms with Gasteiger partial charge in [-0.15, -0.1) is 0 Å². The summed E-state index contributed by atoms with van der Waals surface area (Å²) in [6.45, 7) is 4.59. The number of carbonyl (C=O) groups is 1. The number of nitrogens with zero attached hydrogens (tertiary/aromatic N) is 1. The van der Waals surface area contributed by atoms with Crippen molar-refractivity contribution in [3.05, 3.63) is 65.7 Å². The highest BCUT2D eigenvalue weighted by atomic mass is 16.5. The Hall–Kier alpha value is -2.29. The number of rotatable bonds is 7. The van der Waals surface area contributed by atoms with Crippen LogP contribution in [0.3, 0.4) is 0 Å². The van der Waals surface area contributed by atoms with Gasteiger partial charge in [0.05, 0.1) is 6.61 Å². The quantitative estimate of drug-likeness (QED) is 0.660. The van der Waals surface area contributed by atoms with Crippen molar-refractivity contribution < 1.29 is 9.53 Å². The molecule has 1 heterocycles. The van der Waals surface area contributed by atoms with Crippen molar-refractivity contribution in [3.8, 4) is 5.75 Å². The summed E-state index contributed by atoms with van der Waals surface area (Å²) in [5.41, 5.74) is 2.16. The molecule has 138 valence electrons. The van der Waals surface area contributed by atoms with Crippen LogP contribution >= 0.6 is 0 Å². The third-order valence-electron chi connectivity index (χ3n) is 5.14. The molecule has 1 aliphatic heterocycles. The van der Waals surface area contributed by atoms with E-state index in [0.717, 1.165) is 63.1 Å². The summed E-state index contributed by atoms with van der Waals surface area (Å²) >= 11 is 0. The number of hydrogen-bond acceptors (Lipinski definition) is 2. The van der Waals surface area contributed by atoms with Gasteiger partial charge < -0.3 is 9.64 Å². The fourth-order valence-corrected chi connectivity index (χ4v) is 3.50. The van der Waals surface area contributed by atoms with Crippen LogP contribution in [-0.4, -0.2) is 30.5 Å². The molecule has 0 aliphatic carbocycles. The lowest BCUT2D eigenvalue weighted by atomic mass is 9.90. The molecule has 0 aromatic heterocycles. The van der Waals surface area contributed by atoms with Gasteiger partial charge in [0.1, 0.15) is 5.75 Å². The largest absolute Gasteiger partial charge is 0.494 e. The second-order valence-electron chi connectivity index (χ2n) is 7.15. The van der Waals surface area contributed by atoms with Gasteiger partial charge in [0.15, 0.2) is 0 Å². The van der Waals surface area contributed by atoms with E-state index < -0.39 is 0 Å². The van der Waals surface area contributed by atoms with Crippen LogP contribution in [0.1, 0.15) is 48.5 Å². The summed E-state index contributed by atoms with van der Waals surface area (Å²) in [4.78, 5) is 14.7. The average molecular weight is 351 g/mol. The molecular weight excluding hydrogens is 322 g/mol. The predicted octanol–water partition coefficient (Wildman–Crippen LogP) is 4.96. The fourth-order valence-electron chi connectivity index (χ4n) is 3.50. The molecule has 2 aromatic carbocycles. The zero-order chi connectivity index (χ0) is 18.2. The molecule has 1 fully saturated rings. The van der Waals surface area contributed by atoms with E-state index >= 15 is 0 Å². The normalized spacial score (nSPS) is 15.0. The van der Waals surface area contributed by atoms with E-state index in [4.69, 9.17) is 4.74 Å². The standard InChI is InChI=1S/C23H29NO2/c1-2-3-17-26-22-11-9-21(10-12-22)23(25)24-15-13-20(14-16-24)18-19-7-5-4-6-8-19/h4-12,20H,2-3,13-18H2,1H3. The van der Waals surface area contributed by atoms with E-state index in [9.17, 15) is 4.79 Å². The second-order valence-corrected chi connectivity index (χ2v) is 7.15. The minimum atomic E-state index is 0.142. The molecule has 3 rings (SSSR count). The van der Waals surface area contributed by atoms with Crippen molar-refractivity contribution in [3.63, 3.8) is 0 Å². The summed E-state index contributed by atoms with van der Waals surface area (Å²) in [6.07, 6.45) is 5.46. The molecule has 0 bridgehead atoms. The number of ether oxygens (including phenoxy) is 1. The summed E-state index contributed by atoms with van der Waals surface area (Å²) in [7, 11) is 0. The van der Waals surface area contributed by atoms with Gasteiger partial charge in [0, 0.05) is 18.7 Å². The van der Waals surface area contributed by atoms with Crippen LogP contribution in [0.5, 0.6) is 5.75 Å². The zero-order valence-corrected chi connectivity index (χ0v) is 15.7. The number of piperidine rings is 1. The SMILES string of the molecule is CCCCOc1ccc(C(=O)N2CCC(Cc3ccccc3)CC2)cc1. The molecule has 0 unspecified atom stereocenters. The maximum atomic E-state index is 12.7. The average Bonchev–Trinajstić information content (AvgIpc) is 2.70. The summed E-state index contributed by atoms with van der Waals surface area (Å²) in [5.74, 6) is 1.66. The summed E-state index contributed by atoms with van der Waals surface area (Å²) in [6, 6.07) is 18.2. The van der Waals surface area contributed by atoms with Crippen molar-refractivity contribution >= 4 is 5.91 Å². The molecular formula is C23H29NO2. The van der Waals surface area contributed by atoms with Gasteiger partial charge in [-0.1, -0.05) is 43.7 Å². The van der Waals surface area contributed by atoms with Crippen molar-refractivity contribution in [1.29, 1.82) is 0 Å². The molecule has 1 amide bonds. The third-order valence-corrected chi connectivity index (χ3v) is 5.14. The zero-order valence-electron chi connectivity index (χ0n) is 15.7. The van der Waals surface area contributed by atoms with Crippen LogP contribution in [0.4, 0.5) is 0 Å². The van der Waals surface area contributed by atoms with Gasteiger partial charge in [-0.05, 0) is 61.4 Å². The molecule has 0 spiro atoms. The lowest BCUT2D eigenvalue weighted by Gasteiger charge is -2.32. The molecule has 1 saturated heterocycles. The minimum absolute atomic E-state index is 0.142. The first kappa shape index (κ1) is 18.5. The van der Waals surface area contributed by atoms with Crippen molar-refractivity contribution in [2.75, 3.05) is 19.7 Å². The van der Waals surface area contributed by atoms with E-state index in [0.29, 0.717) is 5.92 Å². The van der Waals surface area contributed by atoms with Gasteiger partial charge in [0.25, 0.3) is 5.91 Å².